The van der Waals surface area contributed by atoms with Gasteiger partial charge in [0.15, 0.2) is 5.69 Å². The predicted molar refractivity (Wildman–Crippen MR) is 70.3 cm³/mol. The maximum absolute atomic E-state index is 13.9. The summed E-state index contributed by atoms with van der Waals surface area (Å²) in [6.07, 6.45) is 0. The Kier molecular flexibility index (Phi) is 2.69. The molecule has 0 bridgehead atoms. The van der Waals surface area contributed by atoms with Gasteiger partial charge in [-0.05, 0) is 12.1 Å². The van der Waals surface area contributed by atoms with Crippen molar-refractivity contribution in [2.75, 3.05) is 0 Å². The summed E-state index contributed by atoms with van der Waals surface area (Å²) in [4.78, 5) is 4.18. The fourth-order valence-electron chi connectivity index (χ4n) is 2.00. The van der Waals surface area contributed by atoms with Crippen molar-refractivity contribution >= 4 is 17.1 Å². The van der Waals surface area contributed by atoms with Gasteiger partial charge in [-0.3, -0.25) is 4.40 Å². The number of nitrogens with zero attached hydrogens (tertiary/aromatic N) is 3. The molecule has 0 saturated carbocycles. The zero-order valence-corrected chi connectivity index (χ0v) is 10.4. The van der Waals surface area contributed by atoms with Crippen LogP contribution in [0.3, 0.4) is 0 Å². The van der Waals surface area contributed by atoms with E-state index in [1.807, 2.05) is 36.4 Å². The van der Waals surface area contributed by atoms with E-state index in [1.165, 1.54) is 16.5 Å². The fourth-order valence-corrected chi connectivity index (χ4v) is 2.23. The molecule has 0 N–H and O–H groups in total. The minimum Gasteiger partial charge on any atom is -0.279 e. The van der Waals surface area contributed by atoms with Gasteiger partial charge in [-0.15, -0.1) is 0 Å². The lowest BCUT2D eigenvalue weighted by molar-refractivity contribution is 0.633. The van der Waals surface area contributed by atoms with Gasteiger partial charge in [0.05, 0.1) is 0 Å². The van der Waals surface area contributed by atoms with E-state index < -0.39 is 5.82 Å². The van der Waals surface area contributed by atoms with E-state index in [9.17, 15) is 4.39 Å². The predicted octanol–water partition coefficient (Wildman–Crippen LogP) is 3.67. The molecule has 0 amide bonds. The number of benzene rings is 1. The molecule has 3 aromatic rings. The number of hydrogen-bond acceptors (Lipinski definition) is 2. The van der Waals surface area contributed by atoms with Crippen LogP contribution in [0.4, 0.5) is 4.39 Å². The highest BCUT2D eigenvalue weighted by Crippen LogP contribution is 2.27. The second-order valence-electron chi connectivity index (χ2n) is 3.95. The van der Waals surface area contributed by atoms with E-state index in [-0.39, 0.29) is 11.2 Å². The minimum absolute atomic E-state index is 0.0267. The van der Waals surface area contributed by atoms with E-state index in [4.69, 9.17) is 16.9 Å². The normalized spacial score (nSPS) is 10.6. The zero-order chi connectivity index (χ0) is 13.4. The summed E-state index contributed by atoms with van der Waals surface area (Å²) in [5.74, 6) is -0.0627. The largest absolute Gasteiger partial charge is 0.279 e. The molecule has 92 valence electrons. The first-order chi connectivity index (χ1) is 9.22. The van der Waals surface area contributed by atoms with Crippen LogP contribution in [0.2, 0.25) is 5.15 Å². The Hall–Kier alpha value is -2.38. The Labute approximate surface area is 113 Å². The van der Waals surface area contributed by atoms with E-state index >= 15 is 0 Å². The molecule has 3 nitrogen and oxygen atoms in total. The number of imidazole rings is 1. The van der Waals surface area contributed by atoms with Crippen molar-refractivity contribution in [3.05, 3.63) is 59.1 Å². The molecule has 3 rings (SSSR count). The standard InChI is InChI=1S/C14H7ClFN3/c15-12-7-6-10(16)13-11(8-17)18-14(19(12)13)9-4-2-1-3-5-9/h1-7H. The van der Waals surface area contributed by atoms with E-state index in [0.717, 1.165) is 5.56 Å². The molecule has 1 aromatic carbocycles. The van der Waals surface area contributed by atoms with Gasteiger partial charge >= 0.3 is 0 Å². The molecule has 0 spiro atoms. The lowest BCUT2D eigenvalue weighted by Gasteiger charge is -2.04. The van der Waals surface area contributed by atoms with Gasteiger partial charge in [-0.25, -0.2) is 9.37 Å². The lowest BCUT2D eigenvalue weighted by atomic mass is 10.2. The molecule has 2 heterocycles. The van der Waals surface area contributed by atoms with E-state index in [2.05, 4.69) is 4.98 Å². The summed E-state index contributed by atoms with van der Waals surface area (Å²) >= 11 is 6.10. The molecule has 0 atom stereocenters. The van der Waals surface area contributed by atoms with Crippen molar-refractivity contribution in [2.45, 2.75) is 0 Å². The van der Waals surface area contributed by atoms with Gasteiger partial charge in [0.25, 0.3) is 0 Å². The van der Waals surface area contributed by atoms with Crippen molar-refractivity contribution in [1.29, 1.82) is 5.26 Å². The second-order valence-corrected chi connectivity index (χ2v) is 4.34. The van der Waals surface area contributed by atoms with Crippen molar-refractivity contribution < 1.29 is 4.39 Å². The summed E-state index contributed by atoms with van der Waals surface area (Å²) in [5, 5.41) is 9.39. The number of pyridine rings is 1. The van der Waals surface area contributed by atoms with Crippen molar-refractivity contribution in [3.8, 4) is 17.5 Å². The smallest absolute Gasteiger partial charge is 0.170 e. The third-order valence-electron chi connectivity index (χ3n) is 2.82. The molecule has 0 aliphatic rings. The summed E-state index contributed by atoms with van der Waals surface area (Å²) in [6, 6.07) is 13.8. The van der Waals surface area contributed by atoms with E-state index in [0.29, 0.717) is 11.0 Å². The fraction of sp³-hybridized carbons (Fsp3) is 0. The average molecular weight is 272 g/mol. The van der Waals surface area contributed by atoms with Gasteiger partial charge < -0.3 is 0 Å². The first-order valence-corrected chi connectivity index (χ1v) is 5.92. The molecule has 0 aliphatic heterocycles. The van der Waals surface area contributed by atoms with Crippen molar-refractivity contribution in [2.24, 2.45) is 0 Å². The highest BCUT2D eigenvalue weighted by atomic mass is 35.5. The number of halogens is 2. The highest BCUT2D eigenvalue weighted by molar-refractivity contribution is 6.30. The van der Waals surface area contributed by atoms with Gasteiger partial charge in [0.1, 0.15) is 28.4 Å². The zero-order valence-electron chi connectivity index (χ0n) is 9.64. The van der Waals surface area contributed by atoms with Crippen LogP contribution in [0, 0.1) is 17.1 Å². The van der Waals surface area contributed by atoms with Crippen LogP contribution in [0.15, 0.2) is 42.5 Å². The summed E-state index contributed by atoms with van der Waals surface area (Å²) < 4.78 is 15.3. The summed E-state index contributed by atoms with van der Waals surface area (Å²) in [6.45, 7) is 0. The quantitative estimate of drug-likeness (QED) is 0.634. The number of hydrogen-bond donors (Lipinski definition) is 0. The number of fused-ring (bicyclic) bond motifs is 1. The van der Waals surface area contributed by atoms with Gasteiger partial charge in [0.2, 0.25) is 0 Å². The Morgan fingerprint density at radius 1 is 1.16 bits per heavy atom. The molecule has 5 heteroatoms. The Balaban J connectivity index is 2.46. The van der Waals surface area contributed by atoms with Crippen LogP contribution < -0.4 is 0 Å². The third kappa shape index (κ3) is 1.76. The highest BCUT2D eigenvalue weighted by Gasteiger charge is 2.17. The van der Waals surface area contributed by atoms with Gasteiger partial charge in [-0.2, -0.15) is 5.26 Å². The van der Waals surface area contributed by atoms with E-state index in [1.54, 1.807) is 0 Å². The van der Waals surface area contributed by atoms with Crippen LogP contribution >= 0.6 is 11.6 Å². The molecule has 0 radical (unpaired) electrons. The second kappa shape index (κ2) is 4.38. The Morgan fingerprint density at radius 3 is 2.58 bits per heavy atom. The van der Waals surface area contributed by atoms with Gasteiger partial charge in [-0.1, -0.05) is 41.9 Å². The van der Waals surface area contributed by atoms with Crippen LogP contribution in [0.1, 0.15) is 5.69 Å². The Bertz CT molecular complexity index is 803. The minimum atomic E-state index is -0.518. The van der Waals surface area contributed by atoms with Crippen molar-refractivity contribution in [1.82, 2.24) is 9.38 Å². The van der Waals surface area contributed by atoms with Crippen molar-refractivity contribution in [3.63, 3.8) is 0 Å². The van der Waals surface area contributed by atoms with Crippen LogP contribution in [-0.2, 0) is 0 Å². The molecular weight excluding hydrogens is 265 g/mol. The summed E-state index contributed by atoms with van der Waals surface area (Å²) in [5.41, 5.74) is 0.902. The van der Waals surface area contributed by atoms with Crippen LogP contribution in [-0.4, -0.2) is 9.38 Å². The summed E-state index contributed by atoms with van der Waals surface area (Å²) in [7, 11) is 0. The van der Waals surface area contributed by atoms with Crippen LogP contribution in [0.5, 0.6) is 0 Å². The topological polar surface area (TPSA) is 41.1 Å². The number of rotatable bonds is 1. The Morgan fingerprint density at radius 2 is 1.89 bits per heavy atom. The maximum Gasteiger partial charge on any atom is 0.170 e. The number of aromatic nitrogens is 2. The molecular formula is C14H7ClFN3. The van der Waals surface area contributed by atoms with Crippen LogP contribution in [0.25, 0.3) is 16.9 Å². The number of nitriles is 1. The maximum atomic E-state index is 13.9. The molecule has 0 fully saturated rings. The molecule has 0 aliphatic carbocycles. The monoisotopic (exact) mass is 271 g/mol. The SMILES string of the molecule is N#Cc1nc(-c2ccccc2)n2c(Cl)ccc(F)c12. The molecule has 2 aromatic heterocycles. The average Bonchev–Trinajstić information content (AvgIpc) is 2.85. The van der Waals surface area contributed by atoms with Gasteiger partial charge in [0, 0.05) is 5.56 Å². The molecule has 19 heavy (non-hydrogen) atoms. The first kappa shape index (κ1) is 11.7. The first-order valence-electron chi connectivity index (χ1n) is 5.54. The molecule has 0 unspecified atom stereocenters. The molecule has 0 saturated heterocycles. The third-order valence-corrected chi connectivity index (χ3v) is 3.12. The lowest BCUT2D eigenvalue weighted by Crippen LogP contribution is -1.93.